The molecule has 4 aromatic rings. The van der Waals surface area contributed by atoms with E-state index in [1.54, 1.807) is 29.2 Å². The van der Waals surface area contributed by atoms with Gasteiger partial charge in [0.25, 0.3) is 5.91 Å². The van der Waals surface area contributed by atoms with Crippen LogP contribution in [0.2, 0.25) is 0 Å². The first-order chi connectivity index (χ1) is 20.9. The van der Waals surface area contributed by atoms with Gasteiger partial charge in [-0.15, -0.1) is 0 Å². The van der Waals surface area contributed by atoms with Gasteiger partial charge >= 0.3 is 0 Å². The molecule has 1 saturated carbocycles. The molecule has 11 heteroatoms. The minimum Gasteiger partial charge on any atom is -0.373 e. The predicted octanol–water partition coefficient (Wildman–Crippen LogP) is 3.98. The number of amides is 2. The Morgan fingerprint density at radius 3 is 2.60 bits per heavy atom. The van der Waals surface area contributed by atoms with Gasteiger partial charge in [0.15, 0.2) is 11.6 Å². The van der Waals surface area contributed by atoms with E-state index in [9.17, 15) is 9.59 Å². The minimum atomic E-state index is -0.0472. The molecule has 43 heavy (non-hydrogen) atoms. The molecule has 1 atom stereocenters. The van der Waals surface area contributed by atoms with Crippen molar-refractivity contribution in [3.05, 3.63) is 72.2 Å². The van der Waals surface area contributed by atoms with E-state index in [0.29, 0.717) is 49.6 Å². The molecule has 0 bridgehead atoms. The molecule has 2 fully saturated rings. The highest BCUT2D eigenvalue weighted by Crippen LogP contribution is 2.35. The lowest BCUT2D eigenvalue weighted by atomic mass is 9.78. The highest BCUT2D eigenvalue weighted by Gasteiger charge is 2.41. The molecule has 6 rings (SSSR count). The van der Waals surface area contributed by atoms with Crippen LogP contribution in [0, 0.1) is 12.8 Å². The molecule has 4 aromatic heterocycles. The summed E-state index contributed by atoms with van der Waals surface area (Å²) in [6, 6.07) is 10.1. The molecule has 0 aromatic carbocycles. The first kappa shape index (κ1) is 28.9. The topological polar surface area (TPSA) is 118 Å². The molecule has 1 aliphatic heterocycles. The molecule has 2 aliphatic rings. The summed E-state index contributed by atoms with van der Waals surface area (Å²) in [5, 5.41) is 7.56. The van der Waals surface area contributed by atoms with Gasteiger partial charge in [-0.25, -0.2) is 14.5 Å². The second-order valence-electron chi connectivity index (χ2n) is 11.6. The highest BCUT2D eigenvalue weighted by atomic mass is 16.5. The van der Waals surface area contributed by atoms with Crippen molar-refractivity contribution in [1.29, 1.82) is 0 Å². The SMILES string of the molecule is CCCOCc1ncc(-c2ccn3nc(NC(=O)[C@H]4C[C@@H](N5CCN(C(=O)c6ccnc(C)c6)C[C@@H]5C)C4)cc3c2)cn1. The van der Waals surface area contributed by atoms with E-state index in [1.807, 2.05) is 42.3 Å². The number of piperazine rings is 1. The maximum atomic E-state index is 13.1. The van der Waals surface area contributed by atoms with E-state index in [1.165, 1.54) is 0 Å². The van der Waals surface area contributed by atoms with Crippen LogP contribution in [-0.4, -0.2) is 84.5 Å². The van der Waals surface area contributed by atoms with Crippen molar-refractivity contribution in [2.75, 3.05) is 31.6 Å². The fraction of sp³-hybridized carbons (Fsp3) is 0.438. The zero-order valence-electron chi connectivity index (χ0n) is 24.9. The quantitative estimate of drug-likeness (QED) is 0.295. The summed E-state index contributed by atoms with van der Waals surface area (Å²) < 4.78 is 7.27. The Balaban J connectivity index is 1.00. The van der Waals surface area contributed by atoms with Gasteiger partial charge in [0.05, 0.1) is 5.52 Å². The second-order valence-corrected chi connectivity index (χ2v) is 11.6. The molecular weight excluding hydrogens is 544 g/mol. The first-order valence-corrected chi connectivity index (χ1v) is 15.0. The van der Waals surface area contributed by atoms with Gasteiger partial charge in [0, 0.05) is 91.9 Å². The molecular formula is C32H38N8O3. The Bertz CT molecular complexity index is 1600. The number of rotatable bonds is 9. The van der Waals surface area contributed by atoms with Crippen molar-refractivity contribution in [1.82, 2.24) is 34.4 Å². The standard InChI is InChI=1S/C32H38N8O3/c1-4-11-43-20-30-34-17-26(18-35-30)23-6-8-40-28(13-23)16-29(37-40)36-31(41)25-14-27(15-25)39-10-9-38(19-22(39)3)32(42)24-5-7-33-21(2)12-24/h5-8,12-13,16-18,22,25,27H,4,9-11,14-15,19-20H2,1-3H3,(H,36,37,41)/t22-,25-,27+/m0/s1. The summed E-state index contributed by atoms with van der Waals surface area (Å²) in [5.41, 5.74) is 4.28. The fourth-order valence-corrected chi connectivity index (χ4v) is 5.98. The predicted molar refractivity (Wildman–Crippen MR) is 162 cm³/mol. The van der Waals surface area contributed by atoms with Crippen LogP contribution in [0.1, 0.15) is 55.0 Å². The summed E-state index contributed by atoms with van der Waals surface area (Å²) in [7, 11) is 0. The lowest BCUT2D eigenvalue weighted by molar-refractivity contribution is -0.125. The smallest absolute Gasteiger partial charge is 0.254 e. The summed E-state index contributed by atoms with van der Waals surface area (Å²) in [4.78, 5) is 43.5. The largest absolute Gasteiger partial charge is 0.373 e. The molecule has 224 valence electrons. The van der Waals surface area contributed by atoms with Crippen LogP contribution in [0.15, 0.2) is 55.1 Å². The van der Waals surface area contributed by atoms with E-state index in [-0.39, 0.29) is 23.8 Å². The molecule has 5 heterocycles. The van der Waals surface area contributed by atoms with Crippen LogP contribution in [0.3, 0.4) is 0 Å². The number of carbonyl (C=O) groups is 2. The number of anilines is 1. The van der Waals surface area contributed by atoms with Crippen molar-refractivity contribution >= 4 is 23.1 Å². The summed E-state index contributed by atoms with van der Waals surface area (Å²) in [5.74, 6) is 1.21. The van der Waals surface area contributed by atoms with Crippen LogP contribution < -0.4 is 5.32 Å². The van der Waals surface area contributed by atoms with Crippen molar-refractivity contribution in [3.63, 3.8) is 0 Å². The van der Waals surface area contributed by atoms with Crippen LogP contribution in [0.5, 0.6) is 0 Å². The van der Waals surface area contributed by atoms with Crippen LogP contribution in [0.25, 0.3) is 16.6 Å². The van der Waals surface area contributed by atoms with Crippen LogP contribution in [0.4, 0.5) is 5.82 Å². The van der Waals surface area contributed by atoms with E-state index in [4.69, 9.17) is 4.74 Å². The average Bonchev–Trinajstić information content (AvgIpc) is 3.38. The Morgan fingerprint density at radius 1 is 1.05 bits per heavy atom. The fourth-order valence-electron chi connectivity index (χ4n) is 5.98. The second kappa shape index (κ2) is 12.6. The van der Waals surface area contributed by atoms with Crippen LogP contribution in [-0.2, 0) is 16.1 Å². The van der Waals surface area contributed by atoms with Gasteiger partial charge in [-0.3, -0.25) is 19.5 Å². The number of carbonyl (C=O) groups excluding carboxylic acids is 2. The molecule has 1 aliphatic carbocycles. The van der Waals surface area contributed by atoms with E-state index < -0.39 is 0 Å². The molecule has 1 saturated heterocycles. The third-order valence-electron chi connectivity index (χ3n) is 8.40. The number of aromatic nitrogens is 5. The van der Waals surface area contributed by atoms with Crippen molar-refractivity contribution < 1.29 is 14.3 Å². The third-order valence-corrected chi connectivity index (χ3v) is 8.40. The van der Waals surface area contributed by atoms with Crippen molar-refractivity contribution in [3.8, 4) is 11.1 Å². The van der Waals surface area contributed by atoms with E-state index in [0.717, 1.165) is 48.1 Å². The number of hydrogen-bond acceptors (Lipinski definition) is 8. The lowest BCUT2D eigenvalue weighted by Crippen LogP contribution is -2.60. The van der Waals surface area contributed by atoms with E-state index >= 15 is 0 Å². The molecule has 0 spiro atoms. The number of ether oxygens (including phenoxy) is 1. The van der Waals surface area contributed by atoms with E-state index in [2.05, 4.69) is 44.1 Å². The van der Waals surface area contributed by atoms with Gasteiger partial charge in [0.1, 0.15) is 6.61 Å². The highest BCUT2D eigenvalue weighted by molar-refractivity contribution is 5.94. The van der Waals surface area contributed by atoms with Gasteiger partial charge in [-0.05, 0) is 62.9 Å². The minimum absolute atomic E-state index is 0.00341. The van der Waals surface area contributed by atoms with Gasteiger partial charge in [-0.1, -0.05) is 6.92 Å². The Labute approximate surface area is 251 Å². The number of pyridine rings is 2. The number of nitrogens with zero attached hydrogens (tertiary/aromatic N) is 7. The lowest BCUT2D eigenvalue weighted by Gasteiger charge is -2.49. The first-order valence-electron chi connectivity index (χ1n) is 15.0. The third kappa shape index (κ3) is 6.42. The Morgan fingerprint density at radius 2 is 1.86 bits per heavy atom. The molecule has 11 nitrogen and oxygen atoms in total. The average molecular weight is 583 g/mol. The Kier molecular flexibility index (Phi) is 8.44. The maximum Gasteiger partial charge on any atom is 0.254 e. The summed E-state index contributed by atoms with van der Waals surface area (Å²) >= 11 is 0. The monoisotopic (exact) mass is 582 g/mol. The van der Waals surface area contributed by atoms with Gasteiger partial charge < -0.3 is 15.0 Å². The summed E-state index contributed by atoms with van der Waals surface area (Å²) in [6.07, 6.45) is 9.75. The zero-order chi connectivity index (χ0) is 29.9. The van der Waals surface area contributed by atoms with Crippen LogP contribution >= 0.6 is 0 Å². The molecule has 1 N–H and O–H groups in total. The molecule has 0 radical (unpaired) electrons. The normalized spacial score (nSPS) is 20.6. The zero-order valence-corrected chi connectivity index (χ0v) is 24.9. The van der Waals surface area contributed by atoms with Gasteiger partial charge in [-0.2, -0.15) is 5.10 Å². The van der Waals surface area contributed by atoms with Crippen molar-refractivity contribution in [2.45, 2.75) is 58.7 Å². The van der Waals surface area contributed by atoms with Gasteiger partial charge in [0.2, 0.25) is 5.91 Å². The number of hydrogen-bond donors (Lipinski definition) is 1. The summed E-state index contributed by atoms with van der Waals surface area (Å²) in [6.45, 7) is 9.40. The maximum absolute atomic E-state index is 13.1. The Hall–Kier alpha value is -4.22. The molecule has 2 amide bonds. The number of aryl methyl sites for hydroxylation is 1. The van der Waals surface area contributed by atoms with Crippen molar-refractivity contribution in [2.24, 2.45) is 5.92 Å². The number of fused-ring (bicyclic) bond motifs is 1. The number of nitrogens with one attached hydrogen (secondary N) is 1. The molecule has 0 unspecified atom stereocenters.